The summed E-state index contributed by atoms with van der Waals surface area (Å²) < 4.78 is 52.5. The molecule has 0 aromatic rings. The van der Waals surface area contributed by atoms with Crippen molar-refractivity contribution in [2.45, 2.75) is 27.7 Å². The second-order valence-electron chi connectivity index (χ2n) is 3.46. The number of hydrogen-bond acceptors (Lipinski definition) is 8. The first-order valence-electron chi connectivity index (χ1n) is 5.50. The van der Waals surface area contributed by atoms with E-state index < -0.39 is 14.9 Å². The molecule has 0 amide bonds. The first kappa shape index (κ1) is 26.1. The van der Waals surface area contributed by atoms with Gasteiger partial charge in [-0.25, -0.2) is 17.3 Å². The van der Waals surface area contributed by atoms with E-state index in [1.54, 1.807) is 0 Å². The largest absolute Gasteiger partial charge is 0.818 e. The van der Waals surface area contributed by atoms with Gasteiger partial charge in [-0.05, 0) is 27.7 Å². The summed E-state index contributed by atoms with van der Waals surface area (Å²) in [6, 6.07) is 0. The minimum atomic E-state index is -2.95. The van der Waals surface area contributed by atoms with Crippen LogP contribution in [0.2, 0.25) is 0 Å². The van der Waals surface area contributed by atoms with Crippen LogP contribution >= 0.6 is 0 Å². The Morgan fingerprint density at radius 2 is 0.957 bits per heavy atom. The van der Waals surface area contributed by atoms with Crippen LogP contribution in [0.25, 0.3) is 0 Å². The van der Waals surface area contributed by atoms with Crippen LogP contribution in [-0.4, -0.2) is 48.2 Å². The van der Waals surface area contributed by atoms with Crippen molar-refractivity contribution >= 4 is 37.8 Å². The Hall–Kier alpha value is -1.76. The van der Waals surface area contributed by atoms with Crippen molar-refractivity contribution in [3.63, 3.8) is 0 Å². The van der Waals surface area contributed by atoms with Gasteiger partial charge >= 0.3 is 14.9 Å². The maximum absolute atomic E-state index is 11.3. The third-order valence-electron chi connectivity index (χ3n) is 1.89. The van der Waals surface area contributed by atoms with E-state index in [0.29, 0.717) is 0 Å². The van der Waals surface area contributed by atoms with Gasteiger partial charge in [0, 0.05) is 16.8 Å². The van der Waals surface area contributed by atoms with Gasteiger partial charge < -0.3 is 19.9 Å². The van der Waals surface area contributed by atoms with E-state index in [-0.39, 0.29) is 39.6 Å². The summed E-state index contributed by atoms with van der Waals surface area (Å²) in [6.45, 7) is 5.59. The summed E-state index contributed by atoms with van der Waals surface area (Å²) in [5, 5.41) is 27.7. The number of hydrogen-bond donors (Lipinski definition) is 2. The Bertz CT molecular complexity index is 412. The van der Waals surface area contributed by atoms with Gasteiger partial charge in [0.1, 0.15) is 11.4 Å². The van der Waals surface area contributed by atoms with Crippen LogP contribution in [0.5, 0.6) is 0 Å². The second kappa shape index (κ2) is 15.1. The molecule has 0 aromatic carbocycles. The summed E-state index contributed by atoms with van der Waals surface area (Å²) >= 11 is 0. The topological polar surface area (TPSA) is 108 Å². The molecule has 23 heavy (non-hydrogen) atoms. The molecular weight excluding hydrogens is 373 g/mol. The Morgan fingerprint density at radius 1 is 0.696 bits per heavy atom. The van der Waals surface area contributed by atoms with Gasteiger partial charge in [-0.3, -0.25) is 0 Å². The van der Waals surface area contributed by atoms with Crippen LogP contribution < -0.4 is 0 Å². The van der Waals surface area contributed by atoms with Crippen LogP contribution in [0.3, 0.4) is 0 Å². The zero-order valence-electron chi connectivity index (χ0n) is 12.5. The van der Waals surface area contributed by atoms with Crippen molar-refractivity contribution < 1.29 is 54.0 Å². The molecule has 2 N–H and O–H groups in total. The van der Waals surface area contributed by atoms with Gasteiger partial charge in [-0.15, -0.1) is 10.3 Å². The fourth-order valence-corrected chi connectivity index (χ4v) is 0.515. The molecule has 0 saturated carbocycles. The van der Waals surface area contributed by atoms with Crippen LogP contribution in [0.15, 0.2) is 20.6 Å². The SMILES string of the molecule is CC(=N\O)/C(C)=N/OB(F)F.CC(=N\O)/C(C)=N/OB(F)F.[Co]. The van der Waals surface area contributed by atoms with E-state index in [4.69, 9.17) is 10.4 Å². The van der Waals surface area contributed by atoms with Gasteiger partial charge in [0.15, 0.2) is 0 Å². The first-order chi connectivity index (χ1) is 10.1. The molecule has 0 aliphatic rings. The van der Waals surface area contributed by atoms with Crippen molar-refractivity contribution in [2.75, 3.05) is 0 Å². The van der Waals surface area contributed by atoms with Gasteiger partial charge in [0.05, 0.1) is 11.4 Å². The average molecular weight is 387 g/mol. The monoisotopic (exact) mass is 387 g/mol. The molecule has 0 spiro atoms. The van der Waals surface area contributed by atoms with Crippen LogP contribution in [-0.2, 0) is 26.3 Å². The quantitative estimate of drug-likeness (QED) is 0.240. The summed E-state index contributed by atoms with van der Waals surface area (Å²) in [6.07, 6.45) is 0. The second-order valence-corrected chi connectivity index (χ2v) is 3.46. The number of oxime groups is 4. The van der Waals surface area contributed by atoms with Crippen molar-refractivity contribution in [2.24, 2.45) is 20.6 Å². The Balaban J connectivity index is -0.000000333. The number of nitrogens with zero attached hydrogens (tertiary/aromatic N) is 4. The fourth-order valence-electron chi connectivity index (χ4n) is 0.515. The standard InChI is InChI=1S/2C4H7BF2N2O2.Co/c2*1-3(8-10)4(2)9-11-5(6)7;/h2*10H,1-2H3;/b2*8-3+,9-4+;. The molecule has 0 aliphatic carbocycles. The molecule has 15 heteroatoms. The van der Waals surface area contributed by atoms with Crippen LogP contribution in [0.4, 0.5) is 17.3 Å². The van der Waals surface area contributed by atoms with Gasteiger partial charge in [-0.1, -0.05) is 10.3 Å². The molecule has 0 fully saturated rings. The molecule has 0 atom stereocenters. The third-order valence-corrected chi connectivity index (χ3v) is 1.89. The average Bonchev–Trinajstić information content (AvgIpc) is 2.48. The molecule has 0 aromatic heterocycles. The van der Waals surface area contributed by atoms with Crippen molar-refractivity contribution in [1.29, 1.82) is 0 Å². The summed E-state index contributed by atoms with van der Waals surface area (Å²) in [5.74, 6) is 0. The number of rotatable bonds is 6. The van der Waals surface area contributed by atoms with E-state index >= 15 is 0 Å². The molecule has 1 radical (unpaired) electrons. The van der Waals surface area contributed by atoms with E-state index in [1.807, 2.05) is 0 Å². The maximum atomic E-state index is 11.3. The Labute approximate surface area is 140 Å². The molecule has 0 aliphatic heterocycles. The van der Waals surface area contributed by atoms with Crippen LogP contribution in [0, 0.1) is 0 Å². The number of halogens is 4. The van der Waals surface area contributed by atoms with Crippen molar-refractivity contribution in [3.05, 3.63) is 0 Å². The van der Waals surface area contributed by atoms with Crippen LogP contribution in [0.1, 0.15) is 27.7 Å². The zero-order valence-corrected chi connectivity index (χ0v) is 13.5. The van der Waals surface area contributed by atoms with Gasteiger partial charge in [0.25, 0.3) is 0 Å². The molecule has 0 bridgehead atoms. The van der Waals surface area contributed by atoms with E-state index in [0.717, 1.165) is 0 Å². The smallest absolute Gasteiger partial charge is 0.411 e. The first-order valence-corrected chi connectivity index (χ1v) is 5.50. The Morgan fingerprint density at radius 3 is 1.13 bits per heavy atom. The summed E-state index contributed by atoms with van der Waals surface area (Å²) in [5.41, 5.74) is 0.469. The normalized spacial score (nSPS) is 12.5. The predicted molar refractivity (Wildman–Crippen MR) is 74.1 cm³/mol. The molecule has 0 saturated heterocycles. The fraction of sp³-hybridized carbons (Fsp3) is 0.500. The summed E-state index contributed by atoms with van der Waals surface area (Å²) in [7, 11) is -5.90. The predicted octanol–water partition coefficient (Wildman–Crippen LogP) is 2.30. The molecule has 0 unspecified atom stereocenters. The third kappa shape index (κ3) is 16.4. The summed E-state index contributed by atoms with van der Waals surface area (Å²) in [4.78, 5) is 0. The molecular formula is C8H14B2CoF4N4O4. The van der Waals surface area contributed by atoms with Gasteiger partial charge in [0.2, 0.25) is 0 Å². The minimum absolute atomic E-state index is 0. The van der Waals surface area contributed by atoms with E-state index in [9.17, 15) is 17.3 Å². The van der Waals surface area contributed by atoms with Crippen molar-refractivity contribution in [1.82, 2.24) is 0 Å². The molecule has 133 valence electrons. The molecule has 0 heterocycles. The maximum Gasteiger partial charge on any atom is 0.818 e. The minimum Gasteiger partial charge on any atom is -0.411 e. The van der Waals surface area contributed by atoms with Gasteiger partial charge in [-0.2, -0.15) is 0 Å². The van der Waals surface area contributed by atoms with E-state index in [1.165, 1.54) is 27.7 Å². The Kier molecular flexibility index (Phi) is 17.2. The molecule has 8 nitrogen and oxygen atoms in total. The van der Waals surface area contributed by atoms with Crippen molar-refractivity contribution in [3.8, 4) is 0 Å². The van der Waals surface area contributed by atoms with E-state index in [2.05, 4.69) is 30.1 Å². The molecule has 0 rings (SSSR count). The zero-order chi connectivity index (χ0) is 17.7.